The van der Waals surface area contributed by atoms with Crippen LogP contribution in [0.1, 0.15) is 0 Å². The van der Waals surface area contributed by atoms with Crippen molar-refractivity contribution in [3.05, 3.63) is 52.6 Å². The molecule has 0 radical (unpaired) electrons. The van der Waals surface area contributed by atoms with Gasteiger partial charge < -0.3 is 4.98 Å². The first-order valence-electron chi connectivity index (χ1n) is 6.56. The van der Waals surface area contributed by atoms with E-state index in [2.05, 4.69) is 9.97 Å². The number of imidazole rings is 1. The van der Waals surface area contributed by atoms with Crippen molar-refractivity contribution in [3.8, 4) is 11.4 Å². The first-order chi connectivity index (χ1) is 11.1. The Morgan fingerprint density at radius 2 is 1.78 bits per heavy atom. The van der Waals surface area contributed by atoms with Gasteiger partial charge >= 0.3 is 0 Å². The molecule has 23 heavy (non-hydrogen) atoms. The Labute approximate surface area is 129 Å². The predicted octanol–water partition coefficient (Wildman–Crippen LogP) is 2.26. The van der Waals surface area contributed by atoms with Crippen molar-refractivity contribution in [3.63, 3.8) is 0 Å². The van der Waals surface area contributed by atoms with Gasteiger partial charge in [0.15, 0.2) is 0 Å². The number of nitrogens with zero attached hydrogens (tertiary/aromatic N) is 3. The normalized spacial score (nSPS) is 10.4. The molecule has 1 aromatic heterocycles. The molecule has 0 aliphatic heterocycles. The fourth-order valence-corrected chi connectivity index (χ4v) is 2.19. The lowest BCUT2D eigenvalue weighted by Crippen LogP contribution is -2.17. The number of imide groups is 1. The Kier molecular flexibility index (Phi) is 3.55. The molecule has 114 valence electrons. The number of amides is 2. The van der Waals surface area contributed by atoms with Crippen LogP contribution in [0, 0.1) is 10.1 Å². The molecule has 0 unspecified atom stereocenters. The largest absolute Gasteiger partial charge is 0.338 e. The van der Waals surface area contributed by atoms with Gasteiger partial charge in [0.2, 0.25) is 12.8 Å². The van der Waals surface area contributed by atoms with E-state index in [9.17, 15) is 19.7 Å². The van der Waals surface area contributed by atoms with E-state index in [1.54, 1.807) is 30.3 Å². The minimum atomic E-state index is -0.470. The number of aromatic nitrogens is 2. The Morgan fingerprint density at radius 1 is 1.09 bits per heavy atom. The van der Waals surface area contributed by atoms with Gasteiger partial charge in [-0.2, -0.15) is 0 Å². The smallest absolute Gasteiger partial charge is 0.271 e. The average Bonchev–Trinajstić information content (AvgIpc) is 2.99. The molecule has 0 bridgehead atoms. The minimum absolute atomic E-state index is 0.0179. The van der Waals surface area contributed by atoms with E-state index in [0.717, 1.165) is 10.5 Å². The molecule has 3 rings (SSSR count). The highest BCUT2D eigenvalue weighted by atomic mass is 16.6. The molecule has 8 nitrogen and oxygen atoms in total. The van der Waals surface area contributed by atoms with Gasteiger partial charge in [-0.15, -0.1) is 0 Å². The third-order valence-electron chi connectivity index (χ3n) is 3.34. The summed E-state index contributed by atoms with van der Waals surface area (Å²) in [5.41, 5.74) is 2.31. The maximum absolute atomic E-state index is 10.8. The third kappa shape index (κ3) is 2.64. The lowest BCUT2D eigenvalue weighted by atomic mass is 10.2. The van der Waals surface area contributed by atoms with Crippen molar-refractivity contribution in [1.82, 2.24) is 9.97 Å². The fourth-order valence-electron chi connectivity index (χ4n) is 2.19. The maximum atomic E-state index is 10.8. The highest BCUT2D eigenvalue weighted by Crippen LogP contribution is 2.25. The van der Waals surface area contributed by atoms with E-state index in [0.29, 0.717) is 35.4 Å². The fraction of sp³-hybridized carbons (Fsp3) is 0. The Hall–Kier alpha value is -3.55. The quantitative estimate of drug-likeness (QED) is 0.441. The molecule has 0 atom stereocenters. The molecule has 2 amide bonds. The molecule has 0 aliphatic carbocycles. The van der Waals surface area contributed by atoms with E-state index in [4.69, 9.17) is 0 Å². The molecule has 8 heteroatoms. The Balaban J connectivity index is 1.98. The molecule has 0 aliphatic rings. The number of non-ortho nitro benzene ring substituents is 1. The number of nitro benzene ring substituents is 1. The van der Waals surface area contributed by atoms with Gasteiger partial charge in [0.1, 0.15) is 5.82 Å². The highest BCUT2D eigenvalue weighted by molar-refractivity contribution is 5.95. The van der Waals surface area contributed by atoms with Crippen molar-refractivity contribution in [2.24, 2.45) is 0 Å². The van der Waals surface area contributed by atoms with Crippen LogP contribution in [0.15, 0.2) is 42.5 Å². The summed E-state index contributed by atoms with van der Waals surface area (Å²) in [6, 6.07) is 11.0. The van der Waals surface area contributed by atoms with Crippen LogP contribution < -0.4 is 4.90 Å². The topological polar surface area (TPSA) is 109 Å². The van der Waals surface area contributed by atoms with Crippen LogP contribution in [0.3, 0.4) is 0 Å². The van der Waals surface area contributed by atoms with Crippen LogP contribution in [0.25, 0.3) is 22.4 Å². The number of anilines is 1. The van der Waals surface area contributed by atoms with Crippen molar-refractivity contribution >= 4 is 35.2 Å². The molecule has 2 aromatic carbocycles. The number of nitro groups is 1. The lowest BCUT2D eigenvalue weighted by Gasteiger charge is -2.08. The summed E-state index contributed by atoms with van der Waals surface area (Å²) in [6.07, 6.45) is 0.838. The zero-order valence-corrected chi connectivity index (χ0v) is 11.7. The van der Waals surface area contributed by atoms with Gasteiger partial charge in [-0.25, -0.2) is 4.98 Å². The van der Waals surface area contributed by atoms with Crippen LogP contribution >= 0.6 is 0 Å². The van der Waals surface area contributed by atoms with E-state index in [-0.39, 0.29) is 5.69 Å². The second kappa shape index (κ2) is 5.68. The SMILES string of the molecule is O=CN(C=O)c1ccc(-c2nc3ccc([N+](=O)[O-])cc3[nH]2)cc1. The zero-order chi connectivity index (χ0) is 16.4. The number of rotatable bonds is 5. The number of hydrogen-bond acceptors (Lipinski definition) is 5. The molecule has 1 heterocycles. The summed E-state index contributed by atoms with van der Waals surface area (Å²) in [5, 5.41) is 10.8. The molecule has 0 spiro atoms. The predicted molar refractivity (Wildman–Crippen MR) is 82.8 cm³/mol. The molecule has 0 saturated carbocycles. The molecular weight excluding hydrogens is 300 g/mol. The standard InChI is InChI=1S/C15H10N4O4/c20-8-18(9-21)11-3-1-10(2-4-11)15-16-13-6-5-12(19(22)23)7-14(13)17-15/h1-9H,(H,16,17). The number of hydrogen-bond donors (Lipinski definition) is 1. The minimum Gasteiger partial charge on any atom is -0.338 e. The van der Waals surface area contributed by atoms with Crippen molar-refractivity contribution in [2.75, 3.05) is 4.90 Å². The van der Waals surface area contributed by atoms with E-state index >= 15 is 0 Å². The molecular formula is C15H10N4O4. The van der Waals surface area contributed by atoms with Crippen molar-refractivity contribution in [2.45, 2.75) is 0 Å². The first-order valence-corrected chi connectivity index (χ1v) is 6.56. The number of nitrogens with one attached hydrogen (secondary N) is 1. The molecule has 0 saturated heterocycles. The summed E-state index contributed by atoms with van der Waals surface area (Å²) < 4.78 is 0. The van der Waals surface area contributed by atoms with Crippen LogP contribution in [0.4, 0.5) is 11.4 Å². The third-order valence-corrected chi connectivity index (χ3v) is 3.34. The lowest BCUT2D eigenvalue weighted by molar-refractivity contribution is -0.384. The maximum Gasteiger partial charge on any atom is 0.271 e. The van der Waals surface area contributed by atoms with Gasteiger partial charge in [-0.1, -0.05) is 0 Å². The molecule has 0 fully saturated rings. The molecule has 3 aromatic rings. The van der Waals surface area contributed by atoms with Gasteiger partial charge in [-0.05, 0) is 30.3 Å². The summed E-state index contributed by atoms with van der Waals surface area (Å²) in [5.74, 6) is 0.538. The van der Waals surface area contributed by atoms with Gasteiger partial charge in [0, 0.05) is 17.7 Å². The number of fused-ring (bicyclic) bond motifs is 1. The van der Waals surface area contributed by atoms with E-state index < -0.39 is 4.92 Å². The summed E-state index contributed by atoms with van der Waals surface area (Å²) in [6.45, 7) is 0. The average molecular weight is 310 g/mol. The number of benzene rings is 2. The highest BCUT2D eigenvalue weighted by Gasteiger charge is 2.11. The number of aromatic amines is 1. The number of H-pyrrole nitrogens is 1. The Morgan fingerprint density at radius 3 is 2.39 bits per heavy atom. The second-order valence-electron chi connectivity index (χ2n) is 4.71. The number of carbonyl (C=O) groups excluding carboxylic acids is 2. The van der Waals surface area contributed by atoms with Crippen LogP contribution in [0.2, 0.25) is 0 Å². The number of carbonyl (C=O) groups is 2. The summed E-state index contributed by atoms with van der Waals surface area (Å²) >= 11 is 0. The first kappa shape index (κ1) is 14.4. The van der Waals surface area contributed by atoms with Gasteiger partial charge in [-0.3, -0.25) is 24.6 Å². The zero-order valence-electron chi connectivity index (χ0n) is 11.7. The Bertz CT molecular complexity index is 893. The summed E-state index contributed by atoms with van der Waals surface area (Å²) in [7, 11) is 0. The van der Waals surface area contributed by atoms with E-state index in [1.165, 1.54) is 12.1 Å². The van der Waals surface area contributed by atoms with E-state index in [1.807, 2.05) is 0 Å². The monoisotopic (exact) mass is 310 g/mol. The molecule has 1 N–H and O–H groups in total. The summed E-state index contributed by atoms with van der Waals surface area (Å²) in [4.78, 5) is 40.0. The van der Waals surface area contributed by atoms with Crippen molar-refractivity contribution < 1.29 is 14.5 Å². The second-order valence-corrected chi connectivity index (χ2v) is 4.71. The van der Waals surface area contributed by atoms with Crippen LogP contribution in [-0.4, -0.2) is 27.7 Å². The van der Waals surface area contributed by atoms with Crippen molar-refractivity contribution in [1.29, 1.82) is 0 Å². The van der Waals surface area contributed by atoms with Gasteiger partial charge in [0.05, 0.1) is 21.6 Å². The van der Waals surface area contributed by atoms with Crippen LogP contribution in [-0.2, 0) is 9.59 Å². The van der Waals surface area contributed by atoms with Gasteiger partial charge in [0.25, 0.3) is 5.69 Å². The van der Waals surface area contributed by atoms with Crippen LogP contribution in [0.5, 0.6) is 0 Å².